The van der Waals surface area contributed by atoms with Crippen molar-refractivity contribution in [3.63, 3.8) is 0 Å². The Kier molecular flexibility index (Phi) is 3.37. The van der Waals surface area contributed by atoms with Gasteiger partial charge >= 0.3 is 0 Å². The molecule has 130 valence electrons. The summed E-state index contributed by atoms with van der Waals surface area (Å²) in [6.07, 6.45) is 10.6. The predicted molar refractivity (Wildman–Crippen MR) is 88.8 cm³/mol. The summed E-state index contributed by atoms with van der Waals surface area (Å²) in [5.74, 6) is 1.25. The first-order valence-electron chi connectivity index (χ1n) is 9.63. The molecule has 2 N–H and O–H groups in total. The monoisotopic (exact) mass is 320 g/mol. The Labute approximate surface area is 139 Å². The molecule has 0 aromatic heterocycles. The van der Waals surface area contributed by atoms with E-state index in [1.54, 1.807) is 0 Å². The third kappa shape index (κ3) is 1.81. The van der Waals surface area contributed by atoms with Gasteiger partial charge in [0.05, 0.1) is 12.2 Å². The molecule has 23 heavy (non-hydrogen) atoms. The van der Waals surface area contributed by atoms with Crippen molar-refractivity contribution >= 4 is 6.29 Å². The smallest absolute Gasteiger partial charge is 0.126 e. The lowest BCUT2D eigenvalue weighted by Crippen LogP contribution is -2.63. The topological polar surface area (TPSA) is 57.5 Å². The first-order valence-corrected chi connectivity index (χ1v) is 9.63. The van der Waals surface area contributed by atoms with Crippen LogP contribution in [0.2, 0.25) is 0 Å². The molecule has 4 fully saturated rings. The maximum absolute atomic E-state index is 12.5. The number of rotatable bonds is 2. The number of carbonyl (C=O) groups excluding carboxylic acids is 1. The van der Waals surface area contributed by atoms with Crippen LogP contribution in [0.5, 0.6) is 0 Å². The average Bonchev–Trinajstić information content (AvgIpc) is 2.73. The minimum absolute atomic E-state index is 0.136. The lowest BCUT2D eigenvalue weighted by molar-refractivity contribution is -0.209. The Hall–Kier alpha value is -0.410. The highest BCUT2D eigenvalue weighted by Crippen LogP contribution is 2.73. The molecule has 1 spiro atoms. The summed E-state index contributed by atoms with van der Waals surface area (Å²) in [5, 5.41) is 21.3. The van der Waals surface area contributed by atoms with Gasteiger partial charge in [0.25, 0.3) is 0 Å². The minimum Gasteiger partial charge on any atom is -0.393 e. The van der Waals surface area contributed by atoms with Crippen molar-refractivity contribution in [3.05, 3.63) is 0 Å². The molecule has 0 radical (unpaired) electrons. The van der Waals surface area contributed by atoms with Crippen molar-refractivity contribution in [2.24, 2.45) is 34.0 Å². The van der Waals surface area contributed by atoms with Gasteiger partial charge in [0.1, 0.15) is 6.29 Å². The van der Waals surface area contributed by atoms with Crippen molar-refractivity contribution in [2.45, 2.75) is 77.2 Å². The van der Waals surface area contributed by atoms with Gasteiger partial charge in [-0.3, -0.25) is 0 Å². The van der Waals surface area contributed by atoms with Crippen molar-refractivity contribution in [1.29, 1.82) is 0 Å². The molecule has 4 saturated carbocycles. The molecule has 0 aromatic rings. The Balaban J connectivity index is 1.83. The van der Waals surface area contributed by atoms with E-state index in [9.17, 15) is 15.0 Å². The summed E-state index contributed by atoms with van der Waals surface area (Å²) in [7, 11) is 0. The molecular formula is C20H32O3. The van der Waals surface area contributed by atoms with Gasteiger partial charge in [-0.15, -0.1) is 0 Å². The number of aldehydes is 1. The van der Waals surface area contributed by atoms with Crippen LogP contribution >= 0.6 is 0 Å². The van der Waals surface area contributed by atoms with E-state index in [0.717, 1.165) is 51.4 Å². The molecule has 0 heterocycles. The fourth-order valence-electron chi connectivity index (χ4n) is 7.95. The number of hydrogen-bond donors (Lipinski definition) is 2. The molecule has 0 saturated heterocycles. The second kappa shape index (κ2) is 4.82. The first-order chi connectivity index (χ1) is 10.8. The van der Waals surface area contributed by atoms with Crippen molar-refractivity contribution in [2.75, 3.05) is 6.61 Å². The van der Waals surface area contributed by atoms with Crippen LogP contribution in [-0.2, 0) is 4.79 Å². The normalized spacial score (nSPS) is 54.2. The summed E-state index contributed by atoms with van der Waals surface area (Å²) >= 11 is 0. The summed E-state index contributed by atoms with van der Waals surface area (Å²) < 4.78 is 0. The zero-order valence-corrected chi connectivity index (χ0v) is 14.7. The molecule has 6 atom stereocenters. The highest BCUT2D eigenvalue weighted by molar-refractivity contribution is 5.62. The minimum atomic E-state index is -0.957. The summed E-state index contributed by atoms with van der Waals surface area (Å²) in [5.41, 5.74) is -1.22. The molecule has 2 bridgehead atoms. The molecule has 0 aromatic carbocycles. The molecule has 3 heteroatoms. The van der Waals surface area contributed by atoms with Gasteiger partial charge in [-0.2, -0.15) is 0 Å². The van der Waals surface area contributed by atoms with Crippen LogP contribution in [0, 0.1) is 34.0 Å². The van der Waals surface area contributed by atoms with Crippen LogP contribution in [0.15, 0.2) is 0 Å². The van der Waals surface area contributed by atoms with Gasteiger partial charge in [-0.1, -0.05) is 20.3 Å². The van der Waals surface area contributed by atoms with E-state index in [0.29, 0.717) is 11.8 Å². The molecule has 0 unspecified atom stereocenters. The molecule has 4 aliphatic rings. The molecule has 4 aliphatic carbocycles. The van der Waals surface area contributed by atoms with Gasteiger partial charge in [0.15, 0.2) is 0 Å². The number of fused-ring (bicyclic) bond motifs is 3. The van der Waals surface area contributed by atoms with Gasteiger partial charge in [0.2, 0.25) is 0 Å². The molecule has 0 aliphatic heterocycles. The van der Waals surface area contributed by atoms with Gasteiger partial charge in [-0.05, 0) is 74.5 Å². The number of hydrogen-bond acceptors (Lipinski definition) is 3. The highest BCUT2D eigenvalue weighted by atomic mass is 16.3. The quantitative estimate of drug-likeness (QED) is 0.767. The maximum Gasteiger partial charge on any atom is 0.126 e. The lowest BCUT2D eigenvalue weighted by Gasteiger charge is -2.64. The van der Waals surface area contributed by atoms with Crippen LogP contribution in [0.3, 0.4) is 0 Å². The maximum atomic E-state index is 12.5. The largest absolute Gasteiger partial charge is 0.393 e. The van der Waals surface area contributed by atoms with Crippen molar-refractivity contribution in [3.8, 4) is 0 Å². The van der Waals surface area contributed by atoms with Crippen molar-refractivity contribution in [1.82, 2.24) is 0 Å². The van der Waals surface area contributed by atoms with E-state index in [-0.39, 0.29) is 28.8 Å². The second-order valence-electron chi connectivity index (χ2n) is 9.91. The predicted octanol–water partition coefficient (Wildman–Crippen LogP) is 3.32. The van der Waals surface area contributed by atoms with Crippen LogP contribution in [-0.4, -0.2) is 28.7 Å². The van der Waals surface area contributed by atoms with Crippen molar-refractivity contribution < 1.29 is 15.0 Å². The second-order valence-corrected chi connectivity index (χ2v) is 9.91. The zero-order chi connectivity index (χ0) is 16.5. The highest BCUT2D eigenvalue weighted by Gasteiger charge is 2.71. The average molecular weight is 320 g/mol. The lowest BCUT2D eigenvalue weighted by atomic mass is 9.39. The van der Waals surface area contributed by atoms with Crippen LogP contribution in [0.25, 0.3) is 0 Å². The van der Waals surface area contributed by atoms with E-state index >= 15 is 0 Å². The van der Waals surface area contributed by atoms with E-state index in [1.807, 2.05) is 0 Å². The number of aliphatic hydroxyl groups excluding tert-OH is 1. The Morgan fingerprint density at radius 2 is 1.83 bits per heavy atom. The Bertz CT molecular complexity index is 515. The van der Waals surface area contributed by atoms with Crippen LogP contribution < -0.4 is 0 Å². The van der Waals surface area contributed by atoms with E-state index in [4.69, 9.17) is 0 Å². The molecule has 3 nitrogen and oxygen atoms in total. The van der Waals surface area contributed by atoms with Crippen LogP contribution in [0.4, 0.5) is 0 Å². The molecular weight excluding hydrogens is 288 g/mol. The SMILES string of the molecule is CC1(C)CCC[C@]2(C=O)[C@@H]1CC[C@@]13C[C@@H](CC[C@@H]21)C[C@]3(O)CO. The number of carbonyl (C=O) groups is 1. The summed E-state index contributed by atoms with van der Waals surface area (Å²) in [6, 6.07) is 0. The first kappa shape index (κ1) is 16.1. The zero-order valence-electron chi connectivity index (χ0n) is 14.7. The Morgan fingerprint density at radius 3 is 2.52 bits per heavy atom. The van der Waals surface area contributed by atoms with Gasteiger partial charge in [-0.25, -0.2) is 0 Å². The summed E-state index contributed by atoms with van der Waals surface area (Å²) in [6.45, 7) is 4.54. The fourth-order valence-corrected chi connectivity index (χ4v) is 7.95. The standard InChI is InChI=1S/C20H32O3/c1-17(2)7-3-8-18(12-21)15(17)6-9-19-10-14(4-5-16(18)19)11-20(19,23)13-22/h12,14-16,22-23H,3-11,13H2,1-2H3/t14-,15-,16+,18+,19-,20+/m1/s1. The Morgan fingerprint density at radius 1 is 1.04 bits per heavy atom. The van der Waals surface area contributed by atoms with Crippen LogP contribution in [0.1, 0.15) is 71.6 Å². The third-order valence-corrected chi connectivity index (χ3v) is 8.77. The molecule has 4 rings (SSSR count). The summed E-state index contributed by atoms with van der Waals surface area (Å²) in [4.78, 5) is 12.5. The van der Waals surface area contributed by atoms with E-state index in [2.05, 4.69) is 13.8 Å². The number of aliphatic hydroxyl groups is 2. The fraction of sp³-hybridized carbons (Fsp3) is 0.950. The third-order valence-electron chi connectivity index (χ3n) is 8.77. The van der Waals surface area contributed by atoms with Gasteiger partial charge < -0.3 is 15.0 Å². The van der Waals surface area contributed by atoms with E-state index in [1.165, 1.54) is 12.7 Å². The van der Waals surface area contributed by atoms with E-state index < -0.39 is 5.60 Å². The molecule has 0 amide bonds. The van der Waals surface area contributed by atoms with Gasteiger partial charge in [0, 0.05) is 10.8 Å².